The highest BCUT2D eigenvalue weighted by Crippen LogP contribution is 2.19. The lowest BCUT2D eigenvalue weighted by Gasteiger charge is -2.32. The van der Waals surface area contributed by atoms with Gasteiger partial charge in [-0.15, -0.1) is 0 Å². The lowest BCUT2D eigenvalue weighted by molar-refractivity contribution is -0.384. The van der Waals surface area contributed by atoms with Crippen LogP contribution in [0.4, 0.5) is 5.69 Å². The minimum atomic E-state index is -0.487. The van der Waals surface area contributed by atoms with Gasteiger partial charge in [-0.25, -0.2) is 0 Å². The van der Waals surface area contributed by atoms with Crippen molar-refractivity contribution >= 4 is 17.5 Å². The van der Waals surface area contributed by atoms with E-state index in [1.807, 2.05) is 0 Å². The molecular formula is C15H19N3O4. The number of piperidine rings is 1. The standard InChI is InChI=1S/C15H19N3O4/c1-11(19)16-9-12-3-2-8-17(10-12)15(20)13-4-6-14(7-5-13)18(21)22/h4-7,12H,2-3,8-10H2,1H3,(H,16,19). The van der Waals surface area contributed by atoms with Crippen LogP contribution in [-0.2, 0) is 4.79 Å². The summed E-state index contributed by atoms with van der Waals surface area (Å²) in [5.74, 6) is 0.0564. The molecule has 1 atom stereocenters. The predicted octanol–water partition coefficient (Wildman–Crippen LogP) is 1.58. The van der Waals surface area contributed by atoms with Crippen LogP contribution in [0.1, 0.15) is 30.1 Å². The van der Waals surface area contributed by atoms with E-state index in [2.05, 4.69) is 5.32 Å². The molecular weight excluding hydrogens is 286 g/mol. The van der Waals surface area contributed by atoms with E-state index in [9.17, 15) is 19.7 Å². The summed E-state index contributed by atoms with van der Waals surface area (Å²) in [6, 6.07) is 5.65. The number of benzene rings is 1. The van der Waals surface area contributed by atoms with E-state index in [1.165, 1.54) is 31.2 Å². The maximum Gasteiger partial charge on any atom is 0.269 e. The maximum absolute atomic E-state index is 12.4. The number of nitro groups is 1. The minimum absolute atomic E-state index is 0.0290. The average molecular weight is 305 g/mol. The van der Waals surface area contributed by atoms with Crippen molar-refractivity contribution in [3.05, 3.63) is 39.9 Å². The third kappa shape index (κ3) is 4.03. The number of carbonyl (C=O) groups is 2. The molecule has 118 valence electrons. The van der Waals surface area contributed by atoms with E-state index in [4.69, 9.17) is 0 Å². The van der Waals surface area contributed by atoms with Crippen LogP contribution in [-0.4, -0.2) is 41.3 Å². The van der Waals surface area contributed by atoms with E-state index in [1.54, 1.807) is 4.90 Å². The van der Waals surface area contributed by atoms with Crippen LogP contribution in [0.5, 0.6) is 0 Å². The van der Waals surface area contributed by atoms with Crippen LogP contribution in [0.25, 0.3) is 0 Å². The van der Waals surface area contributed by atoms with Crippen molar-refractivity contribution in [2.24, 2.45) is 5.92 Å². The van der Waals surface area contributed by atoms with E-state index < -0.39 is 4.92 Å². The second kappa shape index (κ2) is 7.02. The molecule has 1 aliphatic heterocycles. The number of amides is 2. The molecule has 1 saturated heterocycles. The molecule has 1 fully saturated rings. The Morgan fingerprint density at radius 2 is 2.05 bits per heavy atom. The van der Waals surface area contributed by atoms with Crippen LogP contribution in [0.2, 0.25) is 0 Å². The van der Waals surface area contributed by atoms with Crippen LogP contribution >= 0.6 is 0 Å². The predicted molar refractivity (Wildman–Crippen MR) is 80.4 cm³/mol. The molecule has 7 heteroatoms. The Morgan fingerprint density at radius 1 is 1.36 bits per heavy atom. The summed E-state index contributed by atoms with van der Waals surface area (Å²) < 4.78 is 0. The van der Waals surface area contributed by atoms with E-state index in [-0.39, 0.29) is 23.4 Å². The largest absolute Gasteiger partial charge is 0.356 e. The van der Waals surface area contributed by atoms with Crippen LogP contribution in [0.3, 0.4) is 0 Å². The summed E-state index contributed by atoms with van der Waals surface area (Å²) in [6.07, 6.45) is 1.87. The highest BCUT2D eigenvalue weighted by atomic mass is 16.6. The van der Waals surface area contributed by atoms with Crippen molar-refractivity contribution in [1.82, 2.24) is 10.2 Å². The lowest BCUT2D eigenvalue weighted by atomic mass is 9.97. The van der Waals surface area contributed by atoms with Crippen LogP contribution in [0.15, 0.2) is 24.3 Å². The molecule has 0 aliphatic carbocycles. The molecule has 1 aliphatic rings. The normalized spacial score (nSPS) is 17.9. The Morgan fingerprint density at radius 3 is 2.64 bits per heavy atom. The second-order valence-electron chi connectivity index (χ2n) is 5.50. The van der Waals surface area contributed by atoms with Gasteiger partial charge in [0.1, 0.15) is 0 Å². The van der Waals surface area contributed by atoms with Gasteiger partial charge in [0.2, 0.25) is 5.91 Å². The molecule has 1 aromatic rings. The van der Waals surface area contributed by atoms with Crippen molar-refractivity contribution in [3.8, 4) is 0 Å². The van der Waals surface area contributed by atoms with Crippen LogP contribution < -0.4 is 5.32 Å². The molecule has 0 aromatic heterocycles. The topological polar surface area (TPSA) is 92.6 Å². The molecule has 1 aromatic carbocycles. The van der Waals surface area contributed by atoms with Crippen LogP contribution in [0, 0.1) is 16.0 Å². The Kier molecular flexibility index (Phi) is 5.08. The monoisotopic (exact) mass is 305 g/mol. The first-order valence-electron chi connectivity index (χ1n) is 7.25. The fourth-order valence-corrected chi connectivity index (χ4v) is 2.61. The number of nitro benzene ring substituents is 1. The summed E-state index contributed by atoms with van der Waals surface area (Å²) in [6.45, 7) is 3.31. The molecule has 1 unspecified atom stereocenters. The van der Waals surface area contributed by atoms with Gasteiger partial charge in [-0.3, -0.25) is 19.7 Å². The number of nitrogens with one attached hydrogen (secondary N) is 1. The van der Waals surface area contributed by atoms with Crippen molar-refractivity contribution in [2.75, 3.05) is 19.6 Å². The summed E-state index contributed by atoms with van der Waals surface area (Å²) >= 11 is 0. The molecule has 1 N–H and O–H groups in total. The zero-order chi connectivity index (χ0) is 16.1. The van der Waals surface area contributed by atoms with Gasteiger partial charge in [-0.2, -0.15) is 0 Å². The number of nitrogens with zero attached hydrogens (tertiary/aromatic N) is 2. The Bertz CT molecular complexity index is 571. The van der Waals surface area contributed by atoms with Gasteiger partial charge in [-0.05, 0) is 30.9 Å². The van der Waals surface area contributed by atoms with Gasteiger partial charge in [0.05, 0.1) is 4.92 Å². The quantitative estimate of drug-likeness (QED) is 0.675. The summed E-state index contributed by atoms with van der Waals surface area (Å²) in [4.78, 5) is 35.3. The summed E-state index contributed by atoms with van der Waals surface area (Å²) in [7, 11) is 0. The SMILES string of the molecule is CC(=O)NCC1CCCN(C(=O)c2ccc([N+](=O)[O-])cc2)C1. The summed E-state index contributed by atoms with van der Waals surface area (Å²) in [5.41, 5.74) is 0.421. The molecule has 2 rings (SSSR count). The number of non-ortho nitro benzene ring substituents is 1. The van der Waals surface area contributed by atoms with Gasteiger partial charge in [0.25, 0.3) is 11.6 Å². The van der Waals surface area contributed by atoms with Crippen molar-refractivity contribution in [2.45, 2.75) is 19.8 Å². The third-order valence-electron chi connectivity index (χ3n) is 3.77. The highest BCUT2D eigenvalue weighted by molar-refractivity contribution is 5.94. The third-order valence-corrected chi connectivity index (χ3v) is 3.77. The molecule has 22 heavy (non-hydrogen) atoms. The first kappa shape index (κ1) is 15.9. The van der Waals surface area contributed by atoms with Crippen molar-refractivity contribution < 1.29 is 14.5 Å². The Hall–Kier alpha value is -2.44. The fourth-order valence-electron chi connectivity index (χ4n) is 2.61. The zero-order valence-corrected chi connectivity index (χ0v) is 12.4. The van der Waals surface area contributed by atoms with E-state index in [0.717, 1.165) is 12.8 Å². The molecule has 0 spiro atoms. The van der Waals surface area contributed by atoms with Crippen molar-refractivity contribution in [1.29, 1.82) is 0 Å². The van der Waals surface area contributed by atoms with Gasteiger partial charge in [-0.1, -0.05) is 0 Å². The minimum Gasteiger partial charge on any atom is -0.356 e. The fraction of sp³-hybridized carbons (Fsp3) is 0.467. The van der Waals surface area contributed by atoms with E-state index >= 15 is 0 Å². The first-order chi connectivity index (χ1) is 10.5. The van der Waals surface area contributed by atoms with E-state index in [0.29, 0.717) is 25.2 Å². The number of hydrogen-bond acceptors (Lipinski definition) is 4. The number of hydrogen-bond donors (Lipinski definition) is 1. The Labute approximate surface area is 128 Å². The number of carbonyl (C=O) groups excluding carboxylic acids is 2. The number of likely N-dealkylation sites (tertiary alicyclic amines) is 1. The molecule has 1 heterocycles. The smallest absolute Gasteiger partial charge is 0.269 e. The highest BCUT2D eigenvalue weighted by Gasteiger charge is 2.24. The van der Waals surface area contributed by atoms with Gasteiger partial charge < -0.3 is 10.2 Å². The van der Waals surface area contributed by atoms with Gasteiger partial charge in [0, 0.05) is 44.3 Å². The lowest BCUT2D eigenvalue weighted by Crippen LogP contribution is -2.43. The summed E-state index contributed by atoms with van der Waals surface area (Å²) in [5, 5.41) is 13.4. The average Bonchev–Trinajstić information content (AvgIpc) is 2.52. The van der Waals surface area contributed by atoms with Crippen molar-refractivity contribution in [3.63, 3.8) is 0 Å². The first-order valence-corrected chi connectivity index (χ1v) is 7.25. The molecule has 0 saturated carbocycles. The van der Waals surface area contributed by atoms with Gasteiger partial charge in [0.15, 0.2) is 0 Å². The zero-order valence-electron chi connectivity index (χ0n) is 12.4. The molecule has 0 radical (unpaired) electrons. The maximum atomic E-state index is 12.4. The Balaban J connectivity index is 1.99. The molecule has 7 nitrogen and oxygen atoms in total. The molecule has 2 amide bonds. The van der Waals surface area contributed by atoms with Gasteiger partial charge >= 0.3 is 0 Å². The second-order valence-corrected chi connectivity index (χ2v) is 5.50. The molecule has 0 bridgehead atoms. The number of rotatable bonds is 4.